The molecule has 7 rings (SSSR count). The number of halogens is 1. The molecule has 0 bridgehead atoms. The van der Waals surface area contributed by atoms with E-state index in [9.17, 15) is 5.11 Å². The lowest BCUT2D eigenvalue weighted by Crippen LogP contribution is -2.43. The zero-order valence-electron chi connectivity index (χ0n) is 21.2. The fourth-order valence-corrected chi connectivity index (χ4v) is 7.34. The van der Waals surface area contributed by atoms with Crippen LogP contribution in [0.3, 0.4) is 0 Å². The van der Waals surface area contributed by atoms with Crippen LogP contribution < -0.4 is 9.64 Å². The number of phenolic OH excluding ortho intramolecular Hbond substituents is 1. The Morgan fingerprint density at radius 3 is 2.61 bits per heavy atom. The molecule has 3 fully saturated rings. The molecule has 7 nitrogen and oxygen atoms in total. The molecule has 3 aliphatic heterocycles. The third-order valence-corrected chi connectivity index (χ3v) is 9.28. The fraction of sp³-hybridized carbons (Fsp3) is 0.414. The Bertz CT molecular complexity index is 1520. The zero-order chi connectivity index (χ0) is 25.7. The van der Waals surface area contributed by atoms with Gasteiger partial charge in [-0.05, 0) is 61.7 Å². The summed E-state index contributed by atoms with van der Waals surface area (Å²) in [6.45, 7) is 4.40. The van der Waals surface area contributed by atoms with Gasteiger partial charge in [-0.2, -0.15) is 21.7 Å². The van der Waals surface area contributed by atoms with Gasteiger partial charge in [0.25, 0.3) is 0 Å². The van der Waals surface area contributed by atoms with E-state index >= 15 is 4.39 Å². The Morgan fingerprint density at radius 1 is 1.00 bits per heavy atom. The SMILES string of the molecule is Oc1cc(-c2ncc3c(N4CCSCC4)nc(OCC45CCCN4CCC5)nc3c2F)c2ccccc2c1. The van der Waals surface area contributed by atoms with Gasteiger partial charge >= 0.3 is 6.01 Å². The highest BCUT2D eigenvalue weighted by Crippen LogP contribution is 2.40. The lowest BCUT2D eigenvalue weighted by atomic mass is 9.95. The third-order valence-electron chi connectivity index (χ3n) is 8.34. The number of rotatable bonds is 5. The van der Waals surface area contributed by atoms with Gasteiger partial charge in [0.05, 0.1) is 10.9 Å². The predicted octanol–water partition coefficient (Wildman–Crippen LogP) is 5.25. The molecule has 9 heteroatoms. The predicted molar refractivity (Wildman–Crippen MR) is 150 cm³/mol. The van der Waals surface area contributed by atoms with Crippen LogP contribution in [-0.2, 0) is 0 Å². The Labute approximate surface area is 225 Å². The van der Waals surface area contributed by atoms with Crippen LogP contribution in [0.25, 0.3) is 32.9 Å². The molecule has 2 aromatic heterocycles. The number of phenols is 1. The van der Waals surface area contributed by atoms with Gasteiger partial charge in [-0.15, -0.1) is 0 Å². The van der Waals surface area contributed by atoms with Crippen LogP contribution in [0.4, 0.5) is 10.2 Å². The van der Waals surface area contributed by atoms with E-state index in [1.165, 1.54) is 12.8 Å². The van der Waals surface area contributed by atoms with Crippen molar-refractivity contribution in [2.24, 2.45) is 0 Å². The van der Waals surface area contributed by atoms with Crippen molar-refractivity contribution in [2.45, 2.75) is 31.2 Å². The molecule has 0 unspecified atom stereocenters. The molecule has 0 radical (unpaired) electrons. The number of ether oxygens (including phenoxy) is 1. The van der Waals surface area contributed by atoms with Crippen LogP contribution in [-0.4, -0.2) is 74.8 Å². The standard InChI is InChI=1S/C29H30FN5O2S/c30-24-25(22-16-20(36)15-19-5-1-2-6-21(19)22)31-17-23-26(24)32-28(33-27(23)34-11-13-38-14-12-34)37-18-29-7-3-9-35(29)10-4-8-29/h1-2,5-6,15-17,36H,3-4,7-14,18H2. The van der Waals surface area contributed by atoms with E-state index in [1.807, 2.05) is 36.0 Å². The molecule has 0 aliphatic carbocycles. The maximum absolute atomic E-state index is 16.4. The summed E-state index contributed by atoms with van der Waals surface area (Å²) in [5.41, 5.74) is 0.935. The minimum atomic E-state index is -0.528. The summed E-state index contributed by atoms with van der Waals surface area (Å²) in [6, 6.07) is 11.1. The van der Waals surface area contributed by atoms with Crippen LogP contribution in [0.2, 0.25) is 0 Å². The molecule has 4 aromatic rings. The van der Waals surface area contributed by atoms with Crippen LogP contribution in [0.5, 0.6) is 11.8 Å². The molecular weight excluding hydrogens is 501 g/mol. The number of nitrogens with zero attached hydrogens (tertiary/aromatic N) is 5. The number of hydrogen-bond acceptors (Lipinski definition) is 8. The highest BCUT2D eigenvalue weighted by Gasteiger charge is 2.45. The Kier molecular flexibility index (Phi) is 6.00. The largest absolute Gasteiger partial charge is 0.508 e. The maximum atomic E-state index is 16.4. The molecule has 5 heterocycles. The summed E-state index contributed by atoms with van der Waals surface area (Å²) < 4.78 is 22.7. The molecule has 196 valence electrons. The second kappa shape index (κ2) is 9.54. The van der Waals surface area contributed by atoms with Crippen molar-refractivity contribution < 1.29 is 14.2 Å². The molecular formula is C29H30FN5O2S. The van der Waals surface area contributed by atoms with Gasteiger partial charge in [-0.25, -0.2) is 4.39 Å². The fourth-order valence-electron chi connectivity index (χ4n) is 6.44. The summed E-state index contributed by atoms with van der Waals surface area (Å²) in [7, 11) is 0. The Morgan fingerprint density at radius 2 is 1.79 bits per heavy atom. The lowest BCUT2D eigenvalue weighted by molar-refractivity contribution is 0.108. The van der Waals surface area contributed by atoms with Crippen molar-refractivity contribution in [3.05, 3.63) is 48.4 Å². The second-order valence-corrected chi connectivity index (χ2v) is 11.8. The molecule has 0 amide bonds. The molecule has 0 atom stereocenters. The van der Waals surface area contributed by atoms with Gasteiger partial charge < -0.3 is 14.7 Å². The van der Waals surface area contributed by atoms with E-state index in [-0.39, 0.29) is 28.5 Å². The summed E-state index contributed by atoms with van der Waals surface area (Å²) in [5.74, 6) is 2.19. The van der Waals surface area contributed by atoms with Crippen molar-refractivity contribution in [1.29, 1.82) is 0 Å². The number of hydrogen-bond donors (Lipinski definition) is 1. The molecule has 38 heavy (non-hydrogen) atoms. The average Bonchev–Trinajstić information content (AvgIpc) is 3.53. The number of aromatic nitrogens is 3. The van der Waals surface area contributed by atoms with Gasteiger partial charge in [0, 0.05) is 36.4 Å². The number of anilines is 1. The van der Waals surface area contributed by atoms with Crippen LogP contribution in [0.15, 0.2) is 42.6 Å². The number of benzene rings is 2. The van der Waals surface area contributed by atoms with Gasteiger partial charge in [0.1, 0.15) is 29.4 Å². The average molecular weight is 532 g/mol. The monoisotopic (exact) mass is 531 g/mol. The van der Waals surface area contributed by atoms with Gasteiger partial charge in [0.2, 0.25) is 0 Å². The van der Waals surface area contributed by atoms with Crippen LogP contribution in [0, 0.1) is 5.82 Å². The number of aromatic hydroxyl groups is 1. The van der Waals surface area contributed by atoms with E-state index in [2.05, 4.69) is 19.8 Å². The van der Waals surface area contributed by atoms with E-state index < -0.39 is 5.82 Å². The number of fused-ring (bicyclic) bond motifs is 3. The normalized spacial score (nSPS) is 19.3. The first-order chi connectivity index (χ1) is 18.6. The van der Waals surface area contributed by atoms with Crippen molar-refractivity contribution in [2.75, 3.05) is 49.2 Å². The highest BCUT2D eigenvalue weighted by atomic mass is 32.2. The minimum Gasteiger partial charge on any atom is -0.508 e. The van der Waals surface area contributed by atoms with Crippen molar-refractivity contribution >= 4 is 39.3 Å². The van der Waals surface area contributed by atoms with Gasteiger partial charge in [-0.1, -0.05) is 24.3 Å². The topological polar surface area (TPSA) is 74.6 Å². The zero-order valence-corrected chi connectivity index (χ0v) is 22.0. The summed E-state index contributed by atoms with van der Waals surface area (Å²) in [5, 5.41) is 12.6. The van der Waals surface area contributed by atoms with Crippen LogP contribution in [0.1, 0.15) is 25.7 Å². The molecule has 2 aromatic carbocycles. The lowest BCUT2D eigenvalue weighted by Gasteiger charge is -2.32. The summed E-state index contributed by atoms with van der Waals surface area (Å²) in [6.07, 6.45) is 6.26. The molecule has 0 spiro atoms. The quantitative estimate of drug-likeness (QED) is 0.374. The summed E-state index contributed by atoms with van der Waals surface area (Å²) in [4.78, 5) is 18.7. The van der Waals surface area contributed by atoms with E-state index in [0.29, 0.717) is 23.4 Å². The van der Waals surface area contributed by atoms with Crippen molar-refractivity contribution in [1.82, 2.24) is 19.9 Å². The number of thioether (sulfide) groups is 1. The first-order valence-electron chi connectivity index (χ1n) is 13.4. The third kappa shape index (κ3) is 4.03. The van der Waals surface area contributed by atoms with Gasteiger partial charge in [-0.3, -0.25) is 9.88 Å². The Hall–Kier alpha value is -3.17. The maximum Gasteiger partial charge on any atom is 0.319 e. The van der Waals surface area contributed by atoms with Crippen LogP contribution >= 0.6 is 11.8 Å². The first kappa shape index (κ1) is 23.9. The Balaban J connectivity index is 1.35. The van der Waals surface area contributed by atoms with E-state index in [1.54, 1.807) is 18.3 Å². The first-order valence-corrected chi connectivity index (χ1v) is 14.6. The number of pyridine rings is 1. The van der Waals surface area contributed by atoms with E-state index in [4.69, 9.17) is 9.72 Å². The van der Waals surface area contributed by atoms with Crippen molar-refractivity contribution in [3.63, 3.8) is 0 Å². The minimum absolute atomic E-state index is 0.0443. The van der Waals surface area contributed by atoms with E-state index in [0.717, 1.165) is 61.3 Å². The van der Waals surface area contributed by atoms with Crippen molar-refractivity contribution in [3.8, 4) is 23.0 Å². The summed E-state index contributed by atoms with van der Waals surface area (Å²) >= 11 is 1.91. The molecule has 0 saturated carbocycles. The second-order valence-electron chi connectivity index (χ2n) is 10.5. The molecule has 3 saturated heterocycles. The smallest absolute Gasteiger partial charge is 0.319 e. The highest BCUT2D eigenvalue weighted by molar-refractivity contribution is 7.99. The molecule has 1 N–H and O–H groups in total. The molecule has 3 aliphatic rings. The van der Waals surface area contributed by atoms with Gasteiger partial charge in [0.15, 0.2) is 5.82 Å².